The molecule has 0 aliphatic heterocycles. The number of hydrogen-bond donors (Lipinski definition) is 1. The van der Waals surface area contributed by atoms with E-state index in [2.05, 4.69) is 11.4 Å². The van der Waals surface area contributed by atoms with Crippen LogP contribution in [0.15, 0.2) is 48.5 Å². The zero-order valence-corrected chi connectivity index (χ0v) is 9.15. The molecule has 2 nitrogen and oxygen atoms in total. The first-order valence-corrected chi connectivity index (χ1v) is 5.26. The lowest BCUT2D eigenvalue weighted by atomic mass is 10.2. The van der Waals surface area contributed by atoms with E-state index in [4.69, 9.17) is 5.26 Å². The Bertz CT molecular complexity index is 541. The molecule has 2 rings (SSSR count). The third kappa shape index (κ3) is 3.05. The van der Waals surface area contributed by atoms with Crippen LogP contribution in [0.5, 0.6) is 0 Å². The summed E-state index contributed by atoms with van der Waals surface area (Å²) in [7, 11) is 0. The molecular weight excluding hydrogens is 215 g/mol. The van der Waals surface area contributed by atoms with Crippen molar-refractivity contribution >= 4 is 5.69 Å². The number of rotatable bonds is 3. The molecule has 0 atom stereocenters. The summed E-state index contributed by atoms with van der Waals surface area (Å²) in [6.07, 6.45) is 0. The van der Waals surface area contributed by atoms with Crippen LogP contribution in [0.4, 0.5) is 10.1 Å². The molecule has 0 aliphatic carbocycles. The van der Waals surface area contributed by atoms with Crippen LogP contribution in [-0.4, -0.2) is 0 Å². The molecule has 0 saturated carbocycles. The lowest BCUT2D eigenvalue weighted by molar-refractivity contribution is 0.627. The molecule has 17 heavy (non-hydrogen) atoms. The van der Waals surface area contributed by atoms with Crippen molar-refractivity contribution in [2.24, 2.45) is 0 Å². The van der Waals surface area contributed by atoms with Gasteiger partial charge in [0.2, 0.25) is 0 Å². The monoisotopic (exact) mass is 226 g/mol. The molecule has 84 valence electrons. The van der Waals surface area contributed by atoms with Crippen molar-refractivity contribution in [2.45, 2.75) is 6.54 Å². The van der Waals surface area contributed by atoms with Crippen LogP contribution in [0.2, 0.25) is 0 Å². The van der Waals surface area contributed by atoms with Gasteiger partial charge in [0.15, 0.2) is 0 Å². The molecule has 0 spiro atoms. The number of halogens is 1. The van der Waals surface area contributed by atoms with E-state index >= 15 is 0 Å². The number of hydrogen-bond acceptors (Lipinski definition) is 2. The minimum atomic E-state index is -0.236. The highest BCUT2D eigenvalue weighted by Gasteiger charge is 1.96. The van der Waals surface area contributed by atoms with Gasteiger partial charge in [-0.25, -0.2) is 4.39 Å². The van der Waals surface area contributed by atoms with Gasteiger partial charge in [0.05, 0.1) is 11.6 Å². The Morgan fingerprint density at radius 2 is 1.88 bits per heavy atom. The lowest BCUT2D eigenvalue weighted by Gasteiger charge is -2.06. The van der Waals surface area contributed by atoms with Gasteiger partial charge in [0.1, 0.15) is 5.82 Å². The fourth-order valence-electron chi connectivity index (χ4n) is 1.51. The van der Waals surface area contributed by atoms with E-state index in [1.807, 2.05) is 12.1 Å². The summed E-state index contributed by atoms with van der Waals surface area (Å²) in [6.45, 7) is 0.606. The van der Waals surface area contributed by atoms with Crippen molar-refractivity contribution in [3.63, 3.8) is 0 Å². The van der Waals surface area contributed by atoms with Crippen LogP contribution in [0.1, 0.15) is 11.1 Å². The molecule has 0 unspecified atom stereocenters. The first kappa shape index (κ1) is 11.2. The van der Waals surface area contributed by atoms with Crippen molar-refractivity contribution in [3.05, 3.63) is 65.5 Å². The molecule has 2 aromatic carbocycles. The average molecular weight is 226 g/mol. The average Bonchev–Trinajstić information content (AvgIpc) is 2.38. The standard InChI is InChI=1S/C14H11FN2/c15-13-6-4-11(5-7-13)10-17-14-3-1-2-12(8-14)9-16/h1-8,17H,10H2. The summed E-state index contributed by atoms with van der Waals surface area (Å²) < 4.78 is 12.7. The van der Waals surface area contributed by atoms with Gasteiger partial charge in [-0.1, -0.05) is 18.2 Å². The molecule has 0 aliphatic rings. The lowest BCUT2D eigenvalue weighted by Crippen LogP contribution is -1.99. The maximum absolute atomic E-state index is 12.7. The minimum Gasteiger partial charge on any atom is -0.381 e. The van der Waals surface area contributed by atoms with Crippen LogP contribution in [0.3, 0.4) is 0 Å². The first-order chi connectivity index (χ1) is 8.28. The molecule has 2 aromatic rings. The van der Waals surface area contributed by atoms with Gasteiger partial charge in [0, 0.05) is 12.2 Å². The number of nitriles is 1. The molecule has 0 saturated heterocycles. The molecule has 0 aromatic heterocycles. The number of benzene rings is 2. The maximum Gasteiger partial charge on any atom is 0.123 e. The Morgan fingerprint density at radius 1 is 1.12 bits per heavy atom. The fourth-order valence-corrected chi connectivity index (χ4v) is 1.51. The summed E-state index contributed by atoms with van der Waals surface area (Å²) >= 11 is 0. The number of nitrogens with one attached hydrogen (secondary N) is 1. The van der Waals surface area contributed by atoms with Crippen LogP contribution in [0, 0.1) is 17.1 Å². The minimum absolute atomic E-state index is 0.236. The first-order valence-electron chi connectivity index (χ1n) is 5.26. The molecule has 0 heterocycles. The van der Waals surface area contributed by atoms with Crippen LogP contribution in [-0.2, 0) is 6.54 Å². The Kier molecular flexibility index (Phi) is 3.37. The molecule has 0 amide bonds. The predicted molar refractivity (Wildman–Crippen MR) is 64.9 cm³/mol. The van der Waals surface area contributed by atoms with E-state index < -0.39 is 0 Å². The smallest absolute Gasteiger partial charge is 0.123 e. The summed E-state index contributed by atoms with van der Waals surface area (Å²) in [5.74, 6) is -0.236. The molecule has 0 bridgehead atoms. The number of nitrogens with zero attached hydrogens (tertiary/aromatic N) is 1. The second kappa shape index (κ2) is 5.13. The van der Waals surface area contributed by atoms with E-state index in [-0.39, 0.29) is 5.82 Å². The summed E-state index contributed by atoms with van der Waals surface area (Å²) in [5.41, 5.74) is 2.50. The summed E-state index contributed by atoms with van der Waals surface area (Å²) in [6, 6.07) is 15.7. The SMILES string of the molecule is N#Cc1cccc(NCc2ccc(F)cc2)c1. The molecule has 0 radical (unpaired) electrons. The van der Waals surface area contributed by atoms with Crippen molar-refractivity contribution in [2.75, 3.05) is 5.32 Å². The van der Waals surface area contributed by atoms with Crippen molar-refractivity contribution < 1.29 is 4.39 Å². The predicted octanol–water partition coefficient (Wildman–Crippen LogP) is 3.31. The zero-order chi connectivity index (χ0) is 12.1. The zero-order valence-electron chi connectivity index (χ0n) is 9.15. The van der Waals surface area contributed by atoms with Gasteiger partial charge in [-0.3, -0.25) is 0 Å². The molecular formula is C14H11FN2. The van der Waals surface area contributed by atoms with Gasteiger partial charge in [0.25, 0.3) is 0 Å². The summed E-state index contributed by atoms with van der Waals surface area (Å²) in [5, 5.41) is 11.9. The molecule has 3 heteroatoms. The third-order valence-electron chi connectivity index (χ3n) is 2.40. The fraction of sp³-hybridized carbons (Fsp3) is 0.0714. The largest absolute Gasteiger partial charge is 0.381 e. The Balaban J connectivity index is 2.02. The van der Waals surface area contributed by atoms with Gasteiger partial charge in [-0.05, 0) is 35.9 Å². The second-order valence-electron chi connectivity index (χ2n) is 3.67. The van der Waals surface area contributed by atoms with E-state index in [9.17, 15) is 4.39 Å². The molecule has 0 fully saturated rings. The Labute approximate surface area is 99.3 Å². The van der Waals surface area contributed by atoms with E-state index in [0.29, 0.717) is 12.1 Å². The van der Waals surface area contributed by atoms with Gasteiger partial charge in [-0.15, -0.1) is 0 Å². The van der Waals surface area contributed by atoms with Gasteiger partial charge in [-0.2, -0.15) is 5.26 Å². The van der Waals surface area contributed by atoms with Crippen molar-refractivity contribution in [1.82, 2.24) is 0 Å². The number of anilines is 1. The van der Waals surface area contributed by atoms with E-state index in [0.717, 1.165) is 11.3 Å². The van der Waals surface area contributed by atoms with E-state index in [1.54, 1.807) is 24.3 Å². The summed E-state index contributed by atoms with van der Waals surface area (Å²) in [4.78, 5) is 0. The Morgan fingerprint density at radius 3 is 2.59 bits per heavy atom. The topological polar surface area (TPSA) is 35.8 Å². The highest BCUT2D eigenvalue weighted by molar-refractivity contribution is 5.49. The highest BCUT2D eigenvalue weighted by Crippen LogP contribution is 2.11. The van der Waals surface area contributed by atoms with E-state index in [1.165, 1.54) is 12.1 Å². The third-order valence-corrected chi connectivity index (χ3v) is 2.40. The maximum atomic E-state index is 12.7. The Hall–Kier alpha value is -2.34. The van der Waals surface area contributed by atoms with Crippen molar-refractivity contribution in [3.8, 4) is 6.07 Å². The normalized spacial score (nSPS) is 9.65. The highest BCUT2D eigenvalue weighted by atomic mass is 19.1. The quantitative estimate of drug-likeness (QED) is 0.871. The molecule has 1 N–H and O–H groups in total. The van der Waals surface area contributed by atoms with Gasteiger partial charge < -0.3 is 5.32 Å². The van der Waals surface area contributed by atoms with Crippen molar-refractivity contribution in [1.29, 1.82) is 5.26 Å². The van der Waals surface area contributed by atoms with Crippen LogP contribution < -0.4 is 5.32 Å². The van der Waals surface area contributed by atoms with Crippen LogP contribution >= 0.6 is 0 Å². The van der Waals surface area contributed by atoms with Crippen LogP contribution in [0.25, 0.3) is 0 Å². The van der Waals surface area contributed by atoms with Gasteiger partial charge >= 0.3 is 0 Å². The second-order valence-corrected chi connectivity index (χ2v) is 3.67.